The first-order chi connectivity index (χ1) is 9.95. The monoisotopic (exact) mass is 308 g/mol. The van der Waals surface area contributed by atoms with Crippen molar-refractivity contribution in [2.45, 2.75) is 46.2 Å². The van der Waals surface area contributed by atoms with Crippen LogP contribution in [-0.4, -0.2) is 25.9 Å². The van der Waals surface area contributed by atoms with Gasteiger partial charge in [-0.3, -0.25) is 9.48 Å². The van der Waals surface area contributed by atoms with Gasteiger partial charge >= 0.3 is 0 Å². The summed E-state index contributed by atoms with van der Waals surface area (Å²) in [6.45, 7) is 6.60. The zero-order valence-electron chi connectivity index (χ0n) is 12.5. The number of amides is 1. The zero-order chi connectivity index (χ0) is 15.4. The molecule has 2 rings (SSSR count). The van der Waals surface area contributed by atoms with Gasteiger partial charge in [0.25, 0.3) is 0 Å². The number of nitrogens with one attached hydrogen (secondary N) is 1. The van der Waals surface area contributed by atoms with Crippen LogP contribution in [0.1, 0.15) is 42.2 Å². The number of hydrogen-bond acceptors (Lipinski definition) is 6. The fourth-order valence-electron chi connectivity index (χ4n) is 2.09. The van der Waals surface area contributed by atoms with Crippen molar-refractivity contribution in [2.75, 3.05) is 5.73 Å². The maximum absolute atomic E-state index is 11.9. The average molecular weight is 308 g/mol. The molecule has 21 heavy (non-hydrogen) atoms. The Morgan fingerprint density at radius 1 is 1.48 bits per heavy atom. The van der Waals surface area contributed by atoms with Gasteiger partial charge in [-0.05, 0) is 33.3 Å². The van der Waals surface area contributed by atoms with E-state index in [0.717, 1.165) is 29.4 Å². The molecular formula is C13H20N6OS. The summed E-state index contributed by atoms with van der Waals surface area (Å²) in [5, 5.41) is 16.1. The van der Waals surface area contributed by atoms with Gasteiger partial charge in [-0.25, -0.2) is 0 Å². The molecule has 2 heterocycles. The van der Waals surface area contributed by atoms with Crippen molar-refractivity contribution in [3.63, 3.8) is 0 Å². The van der Waals surface area contributed by atoms with Gasteiger partial charge in [-0.2, -0.15) is 5.10 Å². The first kappa shape index (κ1) is 15.4. The highest BCUT2D eigenvalue weighted by Crippen LogP contribution is 2.18. The molecule has 0 aliphatic rings. The molecule has 1 atom stereocenters. The van der Waals surface area contributed by atoms with Gasteiger partial charge in [0.05, 0.1) is 11.7 Å². The van der Waals surface area contributed by atoms with Crippen LogP contribution in [0, 0.1) is 13.8 Å². The number of aryl methyl sites for hydroxylation is 3. The number of carbonyl (C=O) groups is 1. The molecule has 1 unspecified atom stereocenters. The topological polar surface area (TPSA) is 98.7 Å². The molecule has 0 aromatic carbocycles. The fraction of sp³-hybridized carbons (Fsp3) is 0.538. The first-order valence-corrected chi connectivity index (χ1v) is 7.66. The van der Waals surface area contributed by atoms with Crippen LogP contribution in [0.2, 0.25) is 0 Å². The Morgan fingerprint density at radius 2 is 2.24 bits per heavy atom. The van der Waals surface area contributed by atoms with Crippen molar-refractivity contribution < 1.29 is 4.79 Å². The van der Waals surface area contributed by atoms with Crippen LogP contribution < -0.4 is 11.1 Å². The van der Waals surface area contributed by atoms with Crippen LogP contribution in [0.3, 0.4) is 0 Å². The normalized spacial score (nSPS) is 12.3. The molecule has 0 saturated carbocycles. The second kappa shape index (κ2) is 6.66. The summed E-state index contributed by atoms with van der Waals surface area (Å²) >= 11 is 1.29. The van der Waals surface area contributed by atoms with E-state index in [4.69, 9.17) is 5.73 Å². The lowest BCUT2D eigenvalue weighted by atomic mass is 10.2. The van der Waals surface area contributed by atoms with Crippen LogP contribution in [0.4, 0.5) is 5.13 Å². The Labute approximate surface area is 127 Å². The van der Waals surface area contributed by atoms with Gasteiger partial charge in [0, 0.05) is 18.7 Å². The molecule has 0 bridgehead atoms. The Balaban J connectivity index is 1.76. The zero-order valence-corrected chi connectivity index (χ0v) is 13.3. The highest BCUT2D eigenvalue weighted by atomic mass is 32.1. The van der Waals surface area contributed by atoms with E-state index < -0.39 is 0 Å². The lowest BCUT2D eigenvalue weighted by Gasteiger charge is -2.10. The summed E-state index contributed by atoms with van der Waals surface area (Å²) in [5.41, 5.74) is 7.65. The second-order valence-corrected chi connectivity index (χ2v) is 6.06. The molecule has 2 aromatic heterocycles. The van der Waals surface area contributed by atoms with Gasteiger partial charge in [0.1, 0.15) is 5.01 Å². The first-order valence-electron chi connectivity index (χ1n) is 6.85. The molecule has 3 N–H and O–H groups in total. The van der Waals surface area contributed by atoms with E-state index in [2.05, 4.69) is 20.6 Å². The third-order valence-corrected chi connectivity index (χ3v) is 4.02. The van der Waals surface area contributed by atoms with Crippen molar-refractivity contribution in [1.29, 1.82) is 0 Å². The molecule has 1 amide bonds. The number of hydrogen-bond donors (Lipinski definition) is 2. The molecule has 7 nitrogen and oxygen atoms in total. The highest BCUT2D eigenvalue weighted by Gasteiger charge is 2.13. The summed E-state index contributed by atoms with van der Waals surface area (Å²) in [7, 11) is 0. The Bertz CT molecular complexity index is 620. The van der Waals surface area contributed by atoms with Crippen molar-refractivity contribution in [3.8, 4) is 0 Å². The molecule has 0 aliphatic heterocycles. The van der Waals surface area contributed by atoms with E-state index >= 15 is 0 Å². The maximum atomic E-state index is 11.9. The molecule has 8 heteroatoms. The summed E-state index contributed by atoms with van der Waals surface area (Å²) in [6.07, 6.45) is 1.20. The van der Waals surface area contributed by atoms with Gasteiger partial charge in [0.15, 0.2) is 0 Å². The lowest BCUT2D eigenvalue weighted by molar-refractivity contribution is -0.121. The van der Waals surface area contributed by atoms with E-state index in [-0.39, 0.29) is 11.9 Å². The number of nitrogens with zero attached hydrogens (tertiary/aromatic N) is 4. The van der Waals surface area contributed by atoms with E-state index in [0.29, 0.717) is 11.6 Å². The SMILES string of the molecule is Cc1cc(C)n(CCCC(=O)NC(C)c2nnc(N)s2)n1. The Morgan fingerprint density at radius 3 is 2.81 bits per heavy atom. The van der Waals surface area contributed by atoms with E-state index in [1.54, 1.807) is 0 Å². The van der Waals surface area contributed by atoms with Crippen LogP contribution in [0.5, 0.6) is 0 Å². The van der Waals surface area contributed by atoms with Gasteiger partial charge in [0.2, 0.25) is 11.0 Å². The predicted molar refractivity (Wildman–Crippen MR) is 81.8 cm³/mol. The standard InChI is InChI=1S/C13H20N6OS/c1-8-7-9(2)19(18-8)6-4-5-11(20)15-10(3)12-16-17-13(14)21-12/h7,10H,4-6H2,1-3H3,(H2,14,17)(H,15,20). The molecule has 0 aliphatic carbocycles. The molecule has 0 saturated heterocycles. The molecule has 0 fully saturated rings. The lowest BCUT2D eigenvalue weighted by Crippen LogP contribution is -2.26. The molecular weight excluding hydrogens is 288 g/mol. The van der Waals surface area contributed by atoms with E-state index in [1.165, 1.54) is 11.3 Å². The molecule has 0 radical (unpaired) electrons. The maximum Gasteiger partial charge on any atom is 0.220 e. The second-order valence-electron chi connectivity index (χ2n) is 5.02. The molecule has 114 valence electrons. The number of nitrogens with two attached hydrogens (primary N) is 1. The average Bonchev–Trinajstić information content (AvgIpc) is 2.96. The van der Waals surface area contributed by atoms with Crippen LogP contribution in [-0.2, 0) is 11.3 Å². The third kappa shape index (κ3) is 4.25. The minimum Gasteiger partial charge on any atom is -0.374 e. The van der Waals surface area contributed by atoms with Crippen molar-refractivity contribution in [1.82, 2.24) is 25.3 Å². The Kier molecular flexibility index (Phi) is 4.89. The number of carbonyl (C=O) groups excluding carboxylic acids is 1. The quantitative estimate of drug-likeness (QED) is 0.844. The largest absolute Gasteiger partial charge is 0.374 e. The number of anilines is 1. The van der Waals surface area contributed by atoms with Crippen LogP contribution in [0.25, 0.3) is 0 Å². The van der Waals surface area contributed by atoms with Crippen LogP contribution in [0.15, 0.2) is 6.07 Å². The third-order valence-electron chi connectivity index (χ3n) is 3.08. The number of aromatic nitrogens is 4. The summed E-state index contributed by atoms with van der Waals surface area (Å²) in [6, 6.07) is 1.86. The summed E-state index contributed by atoms with van der Waals surface area (Å²) in [5.74, 6) is -0.00203. The number of rotatable bonds is 6. The van der Waals surface area contributed by atoms with Crippen molar-refractivity contribution >= 4 is 22.4 Å². The van der Waals surface area contributed by atoms with Gasteiger partial charge < -0.3 is 11.1 Å². The van der Waals surface area contributed by atoms with Gasteiger partial charge in [-0.15, -0.1) is 10.2 Å². The highest BCUT2D eigenvalue weighted by molar-refractivity contribution is 7.15. The molecule has 0 spiro atoms. The number of nitrogen functional groups attached to an aromatic ring is 1. The van der Waals surface area contributed by atoms with Crippen molar-refractivity contribution in [3.05, 3.63) is 22.5 Å². The van der Waals surface area contributed by atoms with E-state index in [1.807, 2.05) is 31.5 Å². The minimum atomic E-state index is -0.166. The predicted octanol–water partition coefficient (Wildman–Crippen LogP) is 1.59. The van der Waals surface area contributed by atoms with Crippen molar-refractivity contribution in [2.24, 2.45) is 0 Å². The smallest absolute Gasteiger partial charge is 0.220 e. The fourth-order valence-corrected chi connectivity index (χ4v) is 2.70. The molecule has 2 aromatic rings. The van der Waals surface area contributed by atoms with Crippen LogP contribution >= 0.6 is 11.3 Å². The van der Waals surface area contributed by atoms with Gasteiger partial charge in [-0.1, -0.05) is 11.3 Å². The minimum absolute atomic E-state index is 0.00203. The van der Waals surface area contributed by atoms with E-state index in [9.17, 15) is 4.79 Å². The summed E-state index contributed by atoms with van der Waals surface area (Å²) < 4.78 is 1.93. The summed E-state index contributed by atoms with van der Waals surface area (Å²) in [4.78, 5) is 11.9. The Hall–Kier alpha value is -1.96.